The van der Waals surface area contributed by atoms with E-state index in [2.05, 4.69) is 15.5 Å². The van der Waals surface area contributed by atoms with Gasteiger partial charge < -0.3 is 9.84 Å². The Kier molecular flexibility index (Phi) is 5.73. The summed E-state index contributed by atoms with van der Waals surface area (Å²) >= 11 is 7.24. The van der Waals surface area contributed by atoms with Gasteiger partial charge in [0.05, 0.1) is 11.5 Å². The third kappa shape index (κ3) is 5.08. The van der Waals surface area contributed by atoms with Gasteiger partial charge in [0.25, 0.3) is 5.89 Å². The molecule has 0 atom stereocenters. The zero-order valence-electron chi connectivity index (χ0n) is 13.5. The van der Waals surface area contributed by atoms with Gasteiger partial charge in [-0.3, -0.25) is 4.79 Å². The number of nitrogens with zero attached hydrogens (tertiary/aromatic N) is 2. The summed E-state index contributed by atoms with van der Waals surface area (Å²) in [6.07, 6.45) is 0. The van der Waals surface area contributed by atoms with Gasteiger partial charge in [-0.15, -0.1) is 11.8 Å². The Labute approximate surface area is 154 Å². The first kappa shape index (κ1) is 17.5. The summed E-state index contributed by atoms with van der Waals surface area (Å²) < 4.78 is 5.27. The van der Waals surface area contributed by atoms with Crippen LogP contribution in [0.1, 0.15) is 11.4 Å². The second-order valence-corrected chi connectivity index (χ2v) is 6.85. The number of amides is 1. The lowest BCUT2D eigenvalue weighted by molar-refractivity contribution is -0.113. The van der Waals surface area contributed by atoms with Crippen LogP contribution < -0.4 is 5.32 Å². The topological polar surface area (TPSA) is 68.0 Å². The Hall–Kier alpha value is -2.31. The number of carbonyl (C=O) groups is 1. The molecule has 0 aliphatic rings. The van der Waals surface area contributed by atoms with Crippen molar-refractivity contribution < 1.29 is 9.32 Å². The molecule has 0 aliphatic heterocycles. The molecule has 0 radical (unpaired) electrons. The van der Waals surface area contributed by atoms with Gasteiger partial charge in [-0.2, -0.15) is 4.98 Å². The fourth-order valence-corrected chi connectivity index (χ4v) is 2.88. The van der Waals surface area contributed by atoms with Gasteiger partial charge in [-0.1, -0.05) is 34.5 Å². The highest BCUT2D eigenvalue weighted by Crippen LogP contribution is 2.19. The quantitative estimate of drug-likeness (QED) is 0.685. The zero-order chi connectivity index (χ0) is 17.6. The Morgan fingerprint density at radius 1 is 1.16 bits per heavy atom. The monoisotopic (exact) mass is 373 g/mol. The lowest BCUT2D eigenvalue weighted by atomic mass is 10.1. The number of rotatable bonds is 6. The summed E-state index contributed by atoms with van der Waals surface area (Å²) in [6, 6.07) is 14.9. The van der Waals surface area contributed by atoms with Gasteiger partial charge in [-0.25, -0.2) is 0 Å². The minimum absolute atomic E-state index is 0.0884. The highest BCUT2D eigenvalue weighted by Gasteiger charge is 2.10. The van der Waals surface area contributed by atoms with Crippen molar-refractivity contribution in [1.82, 2.24) is 10.1 Å². The predicted octanol–water partition coefficient (Wildman–Crippen LogP) is 4.57. The number of halogens is 1. The number of nitrogens with one attached hydrogen (secondary N) is 1. The van der Waals surface area contributed by atoms with Crippen molar-refractivity contribution in [3.63, 3.8) is 0 Å². The van der Waals surface area contributed by atoms with Crippen LogP contribution in [0.2, 0.25) is 5.02 Å². The molecule has 2 aromatic carbocycles. The molecule has 0 spiro atoms. The van der Waals surface area contributed by atoms with Crippen LogP contribution in [0.3, 0.4) is 0 Å². The molecule has 3 rings (SSSR count). The molecular formula is C18H16ClN3O2S. The van der Waals surface area contributed by atoms with E-state index in [-0.39, 0.29) is 5.91 Å². The SMILES string of the molecule is Cc1ccc(-c2nc(CSCC(=O)Nc3ccc(Cl)cc3)no2)cc1. The van der Waals surface area contributed by atoms with Gasteiger partial charge in [0.15, 0.2) is 5.82 Å². The van der Waals surface area contributed by atoms with Gasteiger partial charge in [0, 0.05) is 16.3 Å². The Morgan fingerprint density at radius 3 is 2.60 bits per heavy atom. The van der Waals surface area contributed by atoms with Crippen LogP contribution in [0, 0.1) is 6.92 Å². The highest BCUT2D eigenvalue weighted by atomic mass is 35.5. The maximum Gasteiger partial charge on any atom is 0.257 e. The van der Waals surface area contributed by atoms with Crippen LogP contribution in [0.15, 0.2) is 53.1 Å². The lowest BCUT2D eigenvalue weighted by Gasteiger charge is -2.04. The van der Waals surface area contributed by atoms with Crippen LogP contribution >= 0.6 is 23.4 Å². The first-order valence-electron chi connectivity index (χ1n) is 7.63. The van der Waals surface area contributed by atoms with Crippen LogP contribution in [0.5, 0.6) is 0 Å². The third-order valence-corrected chi connectivity index (χ3v) is 4.54. The number of thioether (sulfide) groups is 1. The van der Waals surface area contributed by atoms with E-state index in [0.29, 0.717) is 28.2 Å². The standard InChI is InChI=1S/C18H16ClN3O2S/c1-12-2-4-13(5-3-12)18-21-16(22-24-18)10-25-11-17(23)20-15-8-6-14(19)7-9-15/h2-9H,10-11H2,1H3,(H,20,23). The maximum atomic E-state index is 11.9. The van der Waals surface area contributed by atoms with Crippen molar-refractivity contribution >= 4 is 35.0 Å². The van der Waals surface area contributed by atoms with Crippen LogP contribution in [-0.2, 0) is 10.5 Å². The number of hydrogen-bond acceptors (Lipinski definition) is 5. The van der Waals surface area contributed by atoms with E-state index >= 15 is 0 Å². The molecule has 5 nitrogen and oxygen atoms in total. The molecule has 7 heteroatoms. The lowest BCUT2D eigenvalue weighted by Crippen LogP contribution is -2.14. The van der Waals surface area contributed by atoms with Gasteiger partial charge in [0.2, 0.25) is 5.91 Å². The van der Waals surface area contributed by atoms with E-state index in [9.17, 15) is 4.79 Å². The average Bonchev–Trinajstić information content (AvgIpc) is 3.06. The van der Waals surface area contributed by atoms with Crippen molar-refractivity contribution in [3.8, 4) is 11.5 Å². The molecule has 0 bridgehead atoms. The van der Waals surface area contributed by atoms with Gasteiger partial charge in [0.1, 0.15) is 0 Å². The second-order valence-electron chi connectivity index (χ2n) is 5.43. The number of carbonyl (C=O) groups excluding carboxylic acids is 1. The second kappa shape index (κ2) is 8.18. The molecule has 0 unspecified atom stereocenters. The normalized spacial score (nSPS) is 10.6. The Balaban J connectivity index is 1.48. The largest absolute Gasteiger partial charge is 0.334 e. The molecule has 1 amide bonds. The molecule has 128 valence electrons. The molecular weight excluding hydrogens is 358 g/mol. The van der Waals surface area contributed by atoms with Crippen molar-refractivity contribution in [3.05, 3.63) is 64.9 Å². The molecule has 0 fully saturated rings. The summed E-state index contributed by atoms with van der Waals surface area (Å²) in [5.41, 5.74) is 2.77. The van der Waals surface area contributed by atoms with Crippen molar-refractivity contribution in [2.45, 2.75) is 12.7 Å². The summed E-state index contributed by atoms with van der Waals surface area (Å²) in [7, 11) is 0. The molecule has 1 aromatic heterocycles. The number of hydrogen-bond donors (Lipinski definition) is 1. The molecule has 0 saturated carbocycles. The number of benzene rings is 2. The summed E-state index contributed by atoms with van der Waals surface area (Å²) in [5.74, 6) is 1.77. The Morgan fingerprint density at radius 2 is 1.88 bits per heavy atom. The maximum absolute atomic E-state index is 11.9. The van der Waals surface area contributed by atoms with E-state index < -0.39 is 0 Å². The third-order valence-electron chi connectivity index (χ3n) is 3.36. The summed E-state index contributed by atoms with van der Waals surface area (Å²) in [4.78, 5) is 16.3. The van der Waals surface area contributed by atoms with Crippen LogP contribution in [0.25, 0.3) is 11.5 Å². The molecule has 1 heterocycles. The highest BCUT2D eigenvalue weighted by molar-refractivity contribution is 7.99. The fourth-order valence-electron chi connectivity index (χ4n) is 2.09. The van der Waals surface area contributed by atoms with E-state index in [4.69, 9.17) is 16.1 Å². The molecule has 25 heavy (non-hydrogen) atoms. The van der Waals surface area contributed by atoms with Crippen LogP contribution in [-0.4, -0.2) is 21.8 Å². The summed E-state index contributed by atoms with van der Waals surface area (Å²) in [5, 5.41) is 7.39. The predicted molar refractivity (Wildman–Crippen MR) is 101 cm³/mol. The average molecular weight is 374 g/mol. The first-order valence-corrected chi connectivity index (χ1v) is 9.16. The molecule has 3 aromatic rings. The van der Waals surface area contributed by atoms with Crippen molar-refractivity contribution in [2.24, 2.45) is 0 Å². The minimum atomic E-state index is -0.0884. The molecule has 1 N–H and O–H groups in total. The van der Waals surface area contributed by atoms with Crippen molar-refractivity contribution in [1.29, 1.82) is 0 Å². The van der Waals surface area contributed by atoms with Crippen LogP contribution in [0.4, 0.5) is 5.69 Å². The molecule has 0 aliphatic carbocycles. The summed E-state index contributed by atoms with van der Waals surface area (Å²) in [6.45, 7) is 2.02. The Bertz CT molecular complexity index is 848. The first-order chi connectivity index (χ1) is 12.1. The number of anilines is 1. The van der Waals surface area contributed by atoms with E-state index in [0.717, 1.165) is 11.3 Å². The van der Waals surface area contributed by atoms with Gasteiger partial charge in [-0.05, 0) is 43.3 Å². The number of aromatic nitrogens is 2. The zero-order valence-corrected chi connectivity index (χ0v) is 15.1. The molecule has 0 saturated heterocycles. The van der Waals surface area contributed by atoms with E-state index in [1.807, 2.05) is 31.2 Å². The van der Waals surface area contributed by atoms with E-state index in [1.165, 1.54) is 17.3 Å². The van der Waals surface area contributed by atoms with Crippen molar-refractivity contribution in [2.75, 3.05) is 11.1 Å². The minimum Gasteiger partial charge on any atom is -0.334 e. The number of aryl methyl sites for hydroxylation is 1. The smallest absolute Gasteiger partial charge is 0.257 e. The van der Waals surface area contributed by atoms with E-state index in [1.54, 1.807) is 24.3 Å². The van der Waals surface area contributed by atoms with Gasteiger partial charge >= 0.3 is 0 Å². The fraction of sp³-hybridized carbons (Fsp3) is 0.167.